The number of ether oxygens (including phenoxy) is 1. The molecule has 7 nitrogen and oxygen atoms in total. The molecule has 0 bridgehead atoms. The molecular formula is C12H13N3O4S2. The van der Waals surface area contributed by atoms with Crippen LogP contribution in [0, 0.1) is 0 Å². The summed E-state index contributed by atoms with van der Waals surface area (Å²) in [5.74, 6) is -0.752. The molecule has 2 aromatic heterocycles. The molecular weight excluding hydrogens is 314 g/mol. The number of methoxy groups -OCH3 is 1. The lowest BCUT2D eigenvalue weighted by Gasteiger charge is -2.07. The Bertz CT molecular complexity index is 624. The number of rotatable bonds is 7. The SMILES string of the molecule is COC(=O)CCn1c(SCC(=O)O)nnc1-c1cccs1. The minimum atomic E-state index is -0.930. The molecule has 0 spiro atoms. The lowest BCUT2D eigenvalue weighted by molar-refractivity contribution is -0.141. The van der Waals surface area contributed by atoms with Gasteiger partial charge in [0.15, 0.2) is 11.0 Å². The van der Waals surface area contributed by atoms with Crippen LogP contribution in [0.1, 0.15) is 6.42 Å². The number of carbonyl (C=O) groups is 2. The largest absolute Gasteiger partial charge is 0.481 e. The zero-order valence-corrected chi connectivity index (χ0v) is 12.8. The Balaban J connectivity index is 2.24. The average Bonchev–Trinajstić information content (AvgIpc) is 3.11. The van der Waals surface area contributed by atoms with Crippen LogP contribution in [0.4, 0.5) is 0 Å². The van der Waals surface area contributed by atoms with Crippen LogP contribution in [0.25, 0.3) is 10.7 Å². The van der Waals surface area contributed by atoms with Gasteiger partial charge < -0.3 is 14.4 Å². The maximum absolute atomic E-state index is 11.3. The predicted molar refractivity (Wildman–Crippen MR) is 78.3 cm³/mol. The lowest BCUT2D eigenvalue weighted by Crippen LogP contribution is -2.09. The van der Waals surface area contributed by atoms with Gasteiger partial charge in [0.25, 0.3) is 0 Å². The number of nitrogens with zero attached hydrogens (tertiary/aromatic N) is 3. The molecule has 2 rings (SSSR count). The van der Waals surface area contributed by atoms with E-state index in [1.165, 1.54) is 18.4 Å². The molecule has 2 heterocycles. The fourth-order valence-corrected chi connectivity index (χ4v) is 3.02. The molecule has 0 atom stereocenters. The standard InChI is InChI=1S/C12H13N3O4S2/c1-19-10(18)4-5-15-11(8-3-2-6-20-8)13-14-12(15)21-7-9(16)17/h2-3,6H,4-5,7H2,1H3,(H,16,17). The van der Waals surface area contributed by atoms with Crippen LogP contribution in [0.2, 0.25) is 0 Å². The third-order valence-corrected chi connectivity index (χ3v) is 4.37. The van der Waals surface area contributed by atoms with Crippen molar-refractivity contribution in [1.29, 1.82) is 0 Å². The molecule has 0 fully saturated rings. The first kappa shape index (κ1) is 15.5. The van der Waals surface area contributed by atoms with Crippen molar-refractivity contribution in [2.75, 3.05) is 12.9 Å². The molecule has 112 valence electrons. The fraction of sp³-hybridized carbons (Fsp3) is 0.333. The van der Waals surface area contributed by atoms with E-state index in [4.69, 9.17) is 5.11 Å². The highest BCUT2D eigenvalue weighted by molar-refractivity contribution is 7.99. The number of carboxylic acid groups (broad SMARTS) is 1. The maximum atomic E-state index is 11.3. The normalized spacial score (nSPS) is 10.5. The molecule has 9 heteroatoms. The van der Waals surface area contributed by atoms with Crippen LogP contribution in [0.3, 0.4) is 0 Å². The van der Waals surface area contributed by atoms with Crippen LogP contribution in [0.15, 0.2) is 22.7 Å². The van der Waals surface area contributed by atoms with Gasteiger partial charge in [0.1, 0.15) is 0 Å². The number of hydrogen-bond acceptors (Lipinski definition) is 7. The van der Waals surface area contributed by atoms with Crippen molar-refractivity contribution >= 4 is 35.0 Å². The maximum Gasteiger partial charge on any atom is 0.313 e. The van der Waals surface area contributed by atoms with Crippen molar-refractivity contribution in [3.05, 3.63) is 17.5 Å². The van der Waals surface area contributed by atoms with Gasteiger partial charge in [0.2, 0.25) is 0 Å². The van der Waals surface area contributed by atoms with Crippen molar-refractivity contribution in [2.45, 2.75) is 18.1 Å². The molecule has 0 saturated carbocycles. The van der Waals surface area contributed by atoms with Crippen LogP contribution in [0.5, 0.6) is 0 Å². The highest BCUT2D eigenvalue weighted by atomic mass is 32.2. The van der Waals surface area contributed by atoms with Crippen molar-refractivity contribution in [3.63, 3.8) is 0 Å². The van der Waals surface area contributed by atoms with E-state index in [-0.39, 0.29) is 18.1 Å². The van der Waals surface area contributed by atoms with E-state index in [1.54, 1.807) is 4.57 Å². The van der Waals surface area contributed by atoms with E-state index in [9.17, 15) is 9.59 Å². The second kappa shape index (κ2) is 7.23. The number of thioether (sulfide) groups is 1. The Kier molecular flexibility index (Phi) is 5.34. The van der Waals surface area contributed by atoms with E-state index in [2.05, 4.69) is 14.9 Å². The van der Waals surface area contributed by atoms with Gasteiger partial charge in [-0.25, -0.2) is 0 Å². The van der Waals surface area contributed by atoms with Gasteiger partial charge in [-0.2, -0.15) is 0 Å². The van der Waals surface area contributed by atoms with Gasteiger partial charge in [-0.1, -0.05) is 17.8 Å². The summed E-state index contributed by atoms with van der Waals surface area (Å²) in [6.45, 7) is 0.342. The summed E-state index contributed by atoms with van der Waals surface area (Å²) >= 11 is 2.58. The lowest BCUT2D eigenvalue weighted by atomic mass is 10.4. The minimum absolute atomic E-state index is 0.110. The molecule has 0 unspecified atom stereocenters. The van der Waals surface area contributed by atoms with E-state index in [0.717, 1.165) is 16.6 Å². The summed E-state index contributed by atoms with van der Waals surface area (Å²) in [4.78, 5) is 22.9. The summed E-state index contributed by atoms with van der Waals surface area (Å²) in [6.07, 6.45) is 0.174. The van der Waals surface area contributed by atoms with Crippen LogP contribution < -0.4 is 0 Å². The molecule has 2 aromatic rings. The van der Waals surface area contributed by atoms with Gasteiger partial charge in [0.05, 0.1) is 24.2 Å². The number of aromatic nitrogens is 3. The third-order valence-electron chi connectivity index (χ3n) is 2.55. The van der Waals surface area contributed by atoms with Gasteiger partial charge in [-0.3, -0.25) is 9.59 Å². The van der Waals surface area contributed by atoms with E-state index in [1.807, 2.05) is 17.5 Å². The monoisotopic (exact) mass is 327 g/mol. The number of carbonyl (C=O) groups excluding carboxylic acids is 1. The first-order valence-corrected chi connectivity index (χ1v) is 7.87. The van der Waals surface area contributed by atoms with Gasteiger partial charge in [-0.05, 0) is 11.4 Å². The summed E-state index contributed by atoms with van der Waals surface area (Å²) in [7, 11) is 1.33. The fourth-order valence-electron chi connectivity index (χ4n) is 1.62. The highest BCUT2D eigenvalue weighted by Crippen LogP contribution is 2.27. The van der Waals surface area contributed by atoms with Crippen molar-refractivity contribution in [2.24, 2.45) is 0 Å². The molecule has 1 N–H and O–H groups in total. The van der Waals surface area contributed by atoms with Gasteiger partial charge in [-0.15, -0.1) is 21.5 Å². The molecule has 0 aromatic carbocycles. The molecule has 0 amide bonds. The minimum Gasteiger partial charge on any atom is -0.481 e. The zero-order chi connectivity index (χ0) is 15.2. The predicted octanol–water partition coefficient (Wildman–Crippen LogP) is 1.75. The first-order chi connectivity index (χ1) is 10.1. The Morgan fingerprint density at radius 3 is 2.90 bits per heavy atom. The number of esters is 1. The summed E-state index contributed by atoms with van der Waals surface area (Å²) in [5.41, 5.74) is 0. The number of carboxylic acids is 1. The van der Waals surface area contributed by atoms with Crippen LogP contribution >= 0.6 is 23.1 Å². The van der Waals surface area contributed by atoms with E-state index >= 15 is 0 Å². The third kappa shape index (κ3) is 4.05. The molecule has 0 aliphatic carbocycles. The summed E-state index contributed by atoms with van der Waals surface area (Å²) in [6, 6.07) is 3.79. The average molecular weight is 327 g/mol. The zero-order valence-electron chi connectivity index (χ0n) is 11.2. The molecule has 0 aliphatic rings. The number of thiophene rings is 1. The summed E-state index contributed by atoms with van der Waals surface area (Å²) < 4.78 is 6.37. The Morgan fingerprint density at radius 1 is 1.48 bits per heavy atom. The van der Waals surface area contributed by atoms with Crippen LogP contribution in [-0.2, 0) is 20.9 Å². The van der Waals surface area contributed by atoms with Gasteiger partial charge >= 0.3 is 11.9 Å². The second-order valence-corrected chi connectivity index (χ2v) is 5.83. The molecule has 0 radical (unpaired) electrons. The van der Waals surface area contributed by atoms with Crippen molar-refractivity contribution in [1.82, 2.24) is 14.8 Å². The smallest absolute Gasteiger partial charge is 0.313 e. The first-order valence-electron chi connectivity index (χ1n) is 6.00. The second-order valence-electron chi connectivity index (χ2n) is 3.94. The highest BCUT2D eigenvalue weighted by Gasteiger charge is 2.17. The number of aliphatic carboxylic acids is 1. The Hall–Kier alpha value is -1.87. The van der Waals surface area contributed by atoms with Crippen molar-refractivity contribution < 1.29 is 19.4 Å². The molecule has 0 aliphatic heterocycles. The quantitative estimate of drug-likeness (QED) is 0.611. The number of hydrogen-bond donors (Lipinski definition) is 1. The summed E-state index contributed by atoms with van der Waals surface area (Å²) in [5, 5.41) is 19.3. The topological polar surface area (TPSA) is 94.3 Å². The molecule has 0 saturated heterocycles. The van der Waals surface area contributed by atoms with Gasteiger partial charge in [0, 0.05) is 6.54 Å². The molecule has 21 heavy (non-hydrogen) atoms. The Labute approximate surface area is 128 Å². The Morgan fingerprint density at radius 2 is 2.29 bits per heavy atom. The van der Waals surface area contributed by atoms with E-state index < -0.39 is 5.97 Å². The van der Waals surface area contributed by atoms with Crippen LogP contribution in [-0.4, -0.2) is 44.7 Å². The van der Waals surface area contributed by atoms with Crippen molar-refractivity contribution in [3.8, 4) is 10.7 Å². The van der Waals surface area contributed by atoms with E-state index in [0.29, 0.717) is 17.5 Å².